The number of primary amides is 1. The molecular weight excluding hydrogens is 376 g/mol. The summed E-state index contributed by atoms with van der Waals surface area (Å²) in [6, 6.07) is 13.6. The minimum Gasteiger partial charge on any atom is -0.451 e. The van der Waals surface area contributed by atoms with Crippen LogP contribution < -0.4 is 11.1 Å². The predicted molar refractivity (Wildman–Crippen MR) is 101 cm³/mol. The van der Waals surface area contributed by atoms with Crippen LogP contribution in [0.15, 0.2) is 48.5 Å². The molecule has 3 aromatic rings. The number of ether oxygens (including phenoxy) is 1. The van der Waals surface area contributed by atoms with Crippen molar-refractivity contribution >= 4 is 56.5 Å². The normalized spacial score (nSPS) is 10.5. The lowest BCUT2D eigenvalue weighted by atomic mass is 10.1. The molecule has 2 amide bonds. The summed E-state index contributed by atoms with van der Waals surface area (Å²) in [4.78, 5) is 35.8. The highest BCUT2D eigenvalue weighted by Gasteiger charge is 2.19. The van der Waals surface area contributed by atoms with Crippen LogP contribution in [-0.4, -0.2) is 24.4 Å². The lowest BCUT2D eigenvalue weighted by Gasteiger charge is -2.09. The highest BCUT2D eigenvalue weighted by molar-refractivity contribution is 7.21. The third-order valence-corrected chi connectivity index (χ3v) is 5.18. The van der Waals surface area contributed by atoms with Gasteiger partial charge < -0.3 is 15.8 Å². The molecule has 0 spiro atoms. The zero-order valence-corrected chi connectivity index (χ0v) is 14.9. The van der Waals surface area contributed by atoms with Crippen LogP contribution in [0.3, 0.4) is 0 Å². The number of fused-ring (bicyclic) bond motifs is 1. The number of benzene rings is 2. The van der Waals surface area contributed by atoms with Crippen molar-refractivity contribution in [1.82, 2.24) is 0 Å². The van der Waals surface area contributed by atoms with Crippen LogP contribution in [0.25, 0.3) is 10.1 Å². The fourth-order valence-corrected chi connectivity index (χ4v) is 3.74. The zero-order valence-electron chi connectivity index (χ0n) is 13.3. The molecule has 0 radical (unpaired) electrons. The molecule has 0 atom stereocenters. The second-order valence-corrected chi connectivity index (χ2v) is 6.71. The first-order valence-corrected chi connectivity index (χ1v) is 8.69. The van der Waals surface area contributed by atoms with Crippen molar-refractivity contribution in [1.29, 1.82) is 0 Å². The van der Waals surface area contributed by atoms with Crippen molar-refractivity contribution in [3.8, 4) is 0 Å². The molecule has 132 valence electrons. The van der Waals surface area contributed by atoms with Crippen LogP contribution in [0.1, 0.15) is 20.0 Å². The Morgan fingerprint density at radius 2 is 1.77 bits per heavy atom. The van der Waals surface area contributed by atoms with E-state index in [1.165, 1.54) is 23.5 Å². The van der Waals surface area contributed by atoms with Gasteiger partial charge in [0.15, 0.2) is 6.61 Å². The van der Waals surface area contributed by atoms with E-state index in [1.54, 1.807) is 18.2 Å². The third-order valence-electron chi connectivity index (χ3n) is 3.52. The molecule has 0 aliphatic heterocycles. The molecule has 6 nitrogen and oxygen atoms in total. The van der Waals surface area contributed by atoms with Gasteiger partial charge in [-0.2, -0.15) is 0 Å². The number of hydrogen-bond acceptors (Lipinski definition) is 5. The van der Waals surface area contributed by atoms with Crippen LogP contribution >= 0.6 is 22.9 Å². The second kappa shape index (κ2) is 7.55. The Morgan fingerprint density at radius 1 is 1.08 bits per heavy atom. The average molecular weight is 389 g/mol. The molecule has 0 bridgehead atoms. The number of carbonyl (C=O) groups is 3. The molecule has 1 heterocycles. The van der Waals surface area contributed by atoms with Crippen molar-refractivity contribution in [2.24, 2.45) is 5.73 Å². The number of thiophene rings is 1. The molecule has 0 aliphatic carbocycles. The Morgan fingerprint density at radius 3 is 2.50 bits per heavy atom. The molecule has 0 saturated carbocycles. The van der Waals surface area contributed by atoms with Crippen molar-refractivity contribution < 1.29 is 19.1 Å². The monoisotopic (exact) mass is 388 g/mol. The van der Waals surface area contributed by atoms with Crippen LogP contribution in [-0.2, 0) is 9.53 Å². The first-order chi connectivity index (χ1) is 12.5. The van der Waals surface area contributed by atoms with Crippen LogP contribution in [0, 0.1) is 0 Å². The van der Waals surface area contributed by atoms with E-state index >= 15 is 0 Å². The molecule has 2 aromatic carbocycles. The Labute approximate surface area is 157 Å². The summed E-state index contributed by atoms with van der Waals surface area (Å²) in [5, 5.41) is 3.55. The summed E-state index contributed by atoms with van der Waals surface area (Å²) < 4.78 is 5.88. The van der Waals surface area contributed by atoms with Crippen molar-refractivity contribution in [3.05, 3.63) is 64.0 Å². The lowest BCUT2D eigenvalue weighted by molar-refractivity contribution is -0.119. The SMILES string of the molecule is NC(=O)c1ccccc1NC(=O)COC(=O)c1sc2ccccc2c1Cl. The summed E-state index contributed by atoms with van der Waals surface area (Å²) in [5.74, 6) is -1.95. The Balaban J connectivity index is 1.67. The largest absolute Gasteiger partial charge is 0.451 e. The topological polar surface area (TPSA) is 98.5 Å². The number of para-hydroxylation sites is 1. The number of nitrogens with one attached hydrogen (secondary N) is 1. The summed E-state index contributed by atoms with van der Waals surface area (Å²) in [5.41, 5.74) is 5.67. The number of rotatable bonds is 5. The van der Waals surface area contributed by atoms with E-state index in [0.717, 1.165) is 10.1 Å². The minimum atomic E-state index is -0.686. The fourth-order valence-electron chi connectivity index (χ4n) is 2.34. The van der Waals surface area contributed by atoms with Gasteiger partial charge in [-0.05, 0) is 18.2 Å². The highest BCUT2D eigenvalue weighted by Crippen LogP contribution is 2.35. The van der Waals surface area contributed by atoms with Gasteiger partial charge in [-0.1, -0.05) is 41.9 Å². The minimum absolute atomic E-state index is 0.166. The molecule has 0 fully saturated rings. The average Bonchev–Trinajstić information content (AvgIpc) is 2.97. The van der Waals surface area contributed by atoms with Crippen LogP contribution in [0.2, 0.25) is 5.02 Å². The number of carbonyl (C=O) groups excluding carboxylic acids is 3. The molecular formula is C18H13ClN2O4S. The number of esters is 1. The number of amides is 2. The summed E-state index contributed by atoms with van der Waals surface area (Å²) >= 11 is 7.40. The molecule has 0 aliphatic rings. The first kappa shape index (κ1) is 17.9. The van der Waals surface area contributed by atoms with E-state index in [2.05, 4.69) is 5.32 Å². The summed E-state index contributed by atoms with van der Waals surface area (Å²) in [7, 11) is 0. The maximum absolute atomic E-state index is 12.2. The second-order valence-electron chi connectivity index (χ2n) is 5.28. The molecule has 0 unspecified atom stereocenters. The molecule has 1 aromatic heterocycles. The van der Waals surface area contributed by atoms with Gasteiger partial charge in [-0.25, -0.2) is 4.79 Å². The van der Waals surface area contributed by atoms with Gasteiger partial charge in [0.1, 0.15) is 4.88 Å². The van der Waals surface area contributed by atoms with E-state index in [1.807, 2.05) is 18.2 Å². The van der Waals surface area contributed by atoms with Gasteiger partial charge >= 0.3 is 5.97 Å². The first-order valence-electron chi connectivity index (χ1n) is 7.50. The lowest BCUT2D eigenvalue weighted by Crippen LogP contribution is -2.23. The molecule has 3 rings (SSSR count). The number of hydrogen-bond donors (Lipinski definition) is 2. The van der Waals surface area contributed by atoms with Crippen LogP contribution in [0.4, 0.5) is 5.69 Å². The van der Waals surface area contributed by atoms with Gasteiger partial charge in [-0.15, -0.1) is 11.3 Å². The summed E-state index contributed by atoms with van der Waals surface area (Å²) in [6.07, 6.45) is 0. The molecule has 3 N–H and O–H groups in total. The summed E-state index contributed by atoms with van der Waals surface area (Å²) in [6.45, 7) is -0.517. The fraction of sp³-hybridized carbons (Fsp3) is 0.0556. The number of halogens is 1. The third kappa shape index (κ3) is 3.68. The standard InChI is InChI=1S/C18H13ClN2O4S/c19-15-11-6-2-4-8-13(11)26-16(15)18(24)25-9-14(22)21-12-7-3-1-5-10(12)17(20)23/h1-8H,9H2,(H2,20,23)(H,21,22). The van der Waals surface area contributed by atoms with E-state index in [0.29, 0.717) is 5.02 Å². The van der Waals surface area contributed by atoms with Gasteiger partial charge in [0.25, 0.3) is 11.8 Å². The zero-order chi connectivity index (χ0) is 18.7. The molecule has 26 heavy (non-hydrogen) atoms. The van der Waals surface area contributed by atoms with Gasteiger partial charge in [0, 0.05) is 10.1 Å². The Bertz CT molecular complexity index is 1020. The van der Waals surface area contributed by atoms with E-state index in [4.69, 9.17) is 22.1 Å². The number of anilines is 1. The van der Waals surface area contributed by atoms with E-state index in [-0.39, 0.29) is 16.1 Å². The van der Waals surface area contributed by atoms with Crippen molar-refractivity contribution in [2.75, 3.05) is 11.9 Å². The quantitative estimate of drug-likeness (QED) is 0.654. The van der Waals surface area contributed by atoms with E-state index < -0.39 is 24.4 Å². The maximum atomic E-state index is 12.2. The Hall–Kier alpha value is -2.90. The van der Waals surface area contributed by atoms with Crippen LogP contribution in [0.5, 0.6) is 0 Å². The van der Waals surface area contributed by atoms with Gasteiger partial charge in [-0.3, -0.25) is 9.59 Å². The van der Waals surface area contributed by atoms with Gasteiger partial charge in [0.05, 0.1) is 16.3 Å². The molecule has 0 saturated heterocycles. The maximum Gasteiger partial charge on any atom is 0.350 e. The Kier molecular flexibility index (Phi) is 5.20. The van der Waals surface area contributed by atoms with E-state index in [9.17, 15) is 14.4 Å². The molecule has 8 heteroatoms. The van der Waals surface area contributed by atoms with Crippen molar-refractivity contribution in [3.63, 3.8) is 0 Å². The predicted octanol–water partition coefficient (Wildman–Crippen LogP) is 3.45. The van der Waals surface area contributed by atoms with Gasteiger partial charge in [0.2, 0.25) is 0 Å². The van der Waals surface area contributed by atoms with Crippen molar-refractivity contribution in [2.45, 2.75) is 0 Å². The smallest absolute Gasteiger partial charge is 0.350 e. The number of nitrogens with two attached hydrogens (primary N) is 1. The highest BCUT2D eigenvalue weighted by atomic mass is 35.5.